The highest BCUT2D eigenvalue weighted by atomic mass is 16.3. The second-order valence-electron chi connectivity index (χ2n) is 2.54. The molecule has 0 aliphatic heterocycles. The molecule has 11 heavy (non-hydrogen) atoms. The fraction of sp³-hybridized carbons (Fsp3) is 0.375. The van der Waals surface area contributed by atoms with Gasteiger partial charge < -0.3 is 10.4 Å². The minimum absolute atomic E-state index is 0.552. The quantitative estimate of drug-likeness (QED) is 0.624. The van der Waals surface area contributed by atoms with Crippen LogP contribution in [-0.2, 0) is 0 Å². The van der Waals surface area contributed by atoms with E-state index in [4.69, 9.17) is 5.11 Å². The number of hydrogen-bond acceptors (Lipinski definition) is 3. The van der Waals surface area contributed by atoms with E-state index in [9.17, 15) is 0 Å². The van der Waals surface area contributed by atoms with E-state index in [1.54, 1.807) is 13.1 Å². The summed E-state index contributed by atoms with van der Waals surface area (Å²) in [4.78, 5) is 4.01. The zero-order chi connectivity index (χ0) is 8.27. The van der Waals surface area contributed by atoms with Gasteiger partial charge in [0.05, 0.1) is 0 Å². The molecular weight excluding hydrogens is 140 g/mol. The fourth-order valence-electron chi connectivity index (χ4n) is 0.829. The molecule has 0 fully saturated rings. The molecule has 3 nitrogen and oxygen atoms in total. The Morgan fingerprint density at radius 2 is 2.36 bits per heavy atom. The van der Waals surface area contributed by atoms with Crippen LogP contribution in [0, 0.1) is 6.92 Å². The summed E-state index contributed by atoms with van der Waals surface area (Å²) < 4.78 is 0. The standard InChI is InChI=1S/C8H12N2O/c1-6-3-4-9-8(5-6)10-7(2)11/h3-5,7,11H,1-2H3,(H,9,10). The minimum atomic E-state index is -0.552. The lowest BCUT2D eigenvalue weighted by atomic mass is 10.3. The van der Waals surface area contributed by atoms with Crippen LogP contribution in [0.1, 0.15) is 12.5 Å². The van der Waals surface area contributed by atoms with Crippen molar-refractivity contribution in [3.05, 3.63) is 23.9 Å². The van der Waals surface area contributed by atoms with Crippen molar-refractivity contribution in [3.8, 4) is 0 Å². The maximum absolute atomic E-state index is 8.95. The minimum Gasteiger partial charge on any atom is -0.374 e. The Balaban J connectivity index is 2.71. The van der Waals surface area contributed by atoms with Gasteiger partial charge in [0, 0.05) is 6.20 Å². The van der Waals surface area contributed by atoms with E-state index in [1.165, 1.54) is 0 Å². The van der Waals surface area contributed by atoms with Gasteiger partial charge in [0.1, 0.15) is 12.0 Å². The third-order valence-corrected chi connectivity index (χ3v) is 1.27. The molecule has 0 radical (unpaired) electrons. The van der Waals surface area contributed by atoms with Crippen LogP contribution >= 0.6 is 0 Å². The van der Waals surface area contributed by atoms with Crippen LogP contribution in [0.5, 0.6) is 0 Å². The molecule has 0 bridgehead atoms. The summed E-state index contributed by atoms with van der Waals surface area (Å²) in [5.41, 5.74) is 1.13. The summed E-state index contributed by atoms with van der Waals surface area (Å²) in [6.45, 7) is 3.64. The lowest BCUT2D eigenvalue weighted by Gasteiger charge is -2.07. The number of nitrogens with one attached hydrogen (secondary N) is 1. The fourth-order valence-corrected chi connectivity index (χ4v) is 0.829. The molecule has 0 aliphatic carbocycles. The van der Waals surface area contributed by atoms with E-state index < -0.39 is 6.23 Å². The van der Waals surface area contributed by atoms with Gasteiger partial charge in [-0.2, -0.15) is 0 Å². The van der Waals surface area contributed by atoms with Crippen LogP contribution < -0.4 is 5.32 Å². The topological polar surface area (TPSA) is 45.2 Å². The van der Waals surface area contributed by atoms with Crippen molar-refractivity contribution in [3.63, 3.8) is 0 Å². The lowest BCUT2D eigenvalue weighted by Crippen LogP contribution is -2.14. The van der Waals surface area contributed by atoms with Gasteiger partial charge in [0.2, 0.25) is 0 Å². The van der Waals surface area contributed by atoms with Crippen LogP contribution in [0.25, 0.3) is 0 Å². The third-order valence-electron chi connectivity index (χ3n) is 1.27. The van der Waals surface area contributed by atoms with E-state index in [0.29, 0.717) is 5.82 Å². The summed E-state index contributed by atoms with van der Waals surface area (Å²) in [5, 5.41) is 11.7. The second kappa shape index (κ2) is 3.34. The molecule has 1 atom stereocenters. The molecule has 1 heterocycles. The molecule has 1 unspecified atom stereocenters. The Labute approximate surface area is 66.1 Å². The molecule has 0 spiro atoms. The Morgan fingerprint density at radius 3 is 2.91 bits per heavy atom. The molecule has 0 amide bonds. The molecule has 2 N–H and O–H groups in total. The number of nitrogens with zero attached hydrogens (tertiary/aromatic N) is 1. The molecule has 0 aromatic carbocycles. The largest absolute Gasteiger partial charge is 0.374 e. The first-order chi connectivity index (χ1) is 5.18. The Bertz CT molecular complexity index is 235. The second-order valence-corrected chi connectivity index (χ2v) is 2.54. The number of anilines is 1. The van der Waals surface area contributed by atoms with Crippen molar-refractivity contribution in [2.24, 2.45) is 0 Å². The molecule has 1 aromatic heterocycles. The molecule has 0 saturated heterocycles. The van der Waals surface area contributed by atoms with Gasteiger partial charge in [-0.1, -0.05) is 0 Å². The van der Waals surface area contributed by atoms with Crippen molar-refractivity contribution < 1.29 is 5.11 Å². The summed E-state index contributed by atoms with van der Waals surface area (Å²) in [6, 6.07) is 3.79. The number of pyridine rings is 1. The average molecular weight is 152 g/mol. The highest BCUT2D eigenvalue weighted by Crippen LogP contribution is 2.05. The predicted molar refractivity (Wildman–Crippen MR) is 44.3 cm³/mol. The van der Waals surface area contributed by atoms with Crippen LogP contribution in [-0.4, -0.2) is 16.3 Å². The Kier molecular flexibility index (Phi) is 2.44. The Morgan fingerprint density at radius 1 is 1.64 bits per heavy atom. The molecule has 0 aliphatic rings. The molecule has 60 valence electrons. The van der Waals surface area contributed by atoms with E-state index in [1.807, 2.05) is 19.1 Å². The smallest absolute Gasteiger partial charge is 0.128 e. The molecule has 1 rings (SSSR count). The monoisotopic (exact) mass is 152 g/mol. The van der Waals surface area contributed by atoms with Crippen molar-refractivity contribution >= 4 is 5.82 Å². The van der Waals surface area contributed by atoms with Gasteiger partial charge in [-0.25, -0.2) is 4.98 Å². The summed E-state index contributed by atoms with van der Waals surface area (Å²) in [6.07, 6.45) is 1.16. The number of hydrogen-bond donors (Lipinski definition) is 2. The number of rotatable bonds is 2. The van der Waals surface area contributed by atoms with Gasteiger partial charge in [0.25, 0.3) is 0 Å². The van der Waals surface area contributed by atoms with E-state index >= 15 is 0 Å². The molecule has 1 aromatic rings. The average Bonchev–Trinajstić information content (AvgIpc) is 1.85. The molecule has 0 saturated carbocycles. The predicted octanol–water partition coefficient (Wildman–Crippen LogP) is 1.14. The van der Waals surface area contributed by atoms with Gasteiger partial charge in [-0.3, -0.25) is 0 Å². The SMILES string of the molecule is Cc1ccnc(NC(C)O)c1. The van der Waals surface area contributed by atoms with Crippen molar-refractivity contribution in [2.45, 2.75) is 20.1 Å². The number of aliphatic hydroxyl groups excluding tert-OH is 1. The third kappa shape index (κ3) is 2.55. The summed E-state index contributed by atoms with van der Waals surface area (Å²) in [5.74, 6) is 0.708. The summed E-state index contributed by atoms with van der Waals surface area (Å²) in [7, 11) is 0. The van der Waals surface area contributed by atoms with E-state index in [0.717, 1.165) is 5.56 Å². The van der Waals surface area contributed by atoms with Crippen LogP contribution in [0.3, 0.4) is 0 Å². The highest BCUT2D eigenvalue weighted by molar-refractivity contribution is 5.36. The Hall–Kier alpha value is -1.09. The van der Waals surface area contributed by atoms with Crippen LogP contribution in [0.15, 0.2) is 18.3 Å². The van der Waals surface area contributed by atoms with Crippen LogP contribution in [0.4, 0.5) is 5.82 Å². The first-order valence-corrected chi connectivity index (χ1v) is 3.56. The highest BCUT2D eigenvalue weighted by Gasteiger charge is 1.95. The molecular formula is C8H12N2O. The lowest BCUT2D eigenvalue weighted by molar-refractivity contribution is 0.224. The number of aliphatic hydroxyl groups is 1. The van der Waals surface area contributed by atoms with Gasteiger partial charge in [0.15, 0.2) is 0 Å². The van der Waals surface area contributed by atoms with Gasteiger partial charge in [-0.05, 0) is 31.5 Å². The zero-order valence-corrected chi connectivity index (χ0v) is 6.70. The van der Waals surface area contributed by atoms with Crippen molar-refractivity contribution in [1.82, 2.24) is 4.98 Å². The van der Waals surface area contributed by atoms with Crippen molar-refractivity contribution in [1.29, 1.82) is 0 Å². The van der Waals surface area contributed by atoms with Crippen LogP contribution in [0.2, 0.25) is 0 Å². The maximum atomic E-state index is 8.95. The van der Waals surface area contributed by atoms with Crippen molar-refractivity contribution in [2.75, 3.05) is 5.32 Å². The van der Waals surface area contributed by atoms with E-state index in [-0.39, 0.29) is 0 Å². The van der Waals surface area contributed by atoms with Gasteiger partial charge >= 0.3 is 0 Å². The zero-order valence-electron chi connectivity index (χ0n) is 6.70. The summed E-state index contributed by atoms with van der Waals surface area (Å²) >= 11 is 0. The number of aromatic nitrogens is 1. The molecule has 3 heteroatoms. The maximum Gasteiger partial charge on any atom is 0.128 e. The first kappa shape index (κ1) is 8.01. The van der Waals surface area contributed by atoms with E-state index in [2.05, 4.69) is 10.3 Å². The first-order valence-electron chi connectivity index (χ1n) is 3.56. The number of aryl methyl sites for hydroxylation is 1. The van der Waals surface area contributed by atoms with Gasteiger partial charge in [-0.15, -0.1) is 0 Å². The normalized spacial score (nSPS) is 12.6.